The molecule has 0 saturated carbocycles. The molecule has 0 fully saturated rings. The third-order valence-corrected chi connectivity index (χ3v) is 9.76. The van der Waals surface area contributed by atoms with Gasteiger partial charge in [0.15, 0.2) is 0 Å². The second-order valence-electron chi connectivity index (χ2n) is 13.1. The maximum Gasteiger partial charge on any atom is 0.325 e. The summed E-state index contributed by atoms with van der Waals surface area (Å²) in [6.45, 7) is 0.365. The quantitative estimate of drug-likeness (QED) is 0.0492. The molecule has 248 valence electrons. The van der Waals surface area contributed by atoms with Crippen LogP contribution in [0.15, 0.2) is 0 Å². The Kier molecular flexibility index (Phi) is 34.7. The second kappa shape index (κ2) is 34.6. The van der Waals surface area contributed by atoms with E-state index in [9.17, 15) is 4.57 Å². The van der Waals surface area contributed by atoms with Gasteiger partial charge in [-0.05, 0) is 12.8 Å². The number of unbranched alkanes of at least 4 members (excludes halogenated alkanes) is 33. The maximum absolute atomic E-state index is 10.8. The van der Waals surface area contributed by atoms with E-state index in [0.717, 1.165) is 19.3 Å². The molecule has 0 amide bonds. The predicted octanol–water partition coefficient (Wildman–Crippen LogP) is 12.4. The van der Waals surface area contributed by atoms with E-state index in [1.54, 1.807) is 0 Å². The monoisotopic (exact) mass is 603 g/mol. The zero-order valence-corrected chi connectivity index (χ0v) is 28.5. The highest BCUT2D eigenvalue weighted by Crippen LogP contribution is 2.35. The van der Waals surface area contributed by atoms with Gasteiger partial charge in [-0.25, -0.2) is 0 Å². The molecule has 3 N–H and O–H groups in total. The summed E-state index contributed by atoms with van der Waals surface area (Å²) in [4.78, 5) is 17.7. The lowest BCUT2D eigenvalue weighted by atomic mass is 10.0. The average Bonchev–Trinajstić information content (AvgIpc) is 2.94. The summed E-state index contributed by atoms with van der Waals surface area (Å²) >= 11 is 0. The van der Waals surface area contributed by atoms with Crippen molar-refractivity contribution >= 4 is 7.60 Å². The first-order chi connectivity index (χ1) is 20.1. The van der Waals surface area contributed by atoms with Crippen molar-refractivity contribution in [2.75, 3.05) is 12.8 Å². The summed E-state index contributed by atoms with van der Waals surface area (Å²) in [6.07, 6.45) is 45.9. The Morgan fingerprint density at radius 3 is 0.561 bits per heavy atom. The molecule has 0 unspecified atom stereocenters. The predicted molar refractivity (Wildman–Crippen MR) is 181 cm³/mol. The normalized spacial score (nSPS) is 12.0. The molecule has 0 saturated heterocycles. The van der Waals surface area contributed by atoms with Crippen LogP contribution in [-0.4, -0.2) is 27.7 Å². The first-order valence-corrected chi connectivity index (χ1v) is 20.5. The van der Waals surface area contributed by atoms with Gasteiger partial charge in [-0.3, -0.25) is 4.57 Å². The number of aliphatic hydroxyl groups excluding tert-OH is 1. The zero-order chi connectivity index (χ0) is 30.0. The molecule has 5 heteroatoms. The highest BCUT2D eigenvalue weighted by atomic mass is 31.2. The first-order valence-electron chi connectivity index (χ1n) is 18.7. The number of hydrogen-bond acceptors (Lipinski definition) is 2. The van der Waals surface area contributed by atoms with Crippen LogP contribution in [0.3, 0.4) is 0 Å². The number of hydrogen-bond donors (Lipinski definition) is 3. The summed E-state index contributed by atoms with van der Waals surface area (Å²) in [5, 5.41) is 8.79. The lowest BCUT2D eigenvalue weighted by Crippen LogP contribution is -1.88. The van der Waals surface area contributed by atoms with Gasteiger partial charge in [0.1, 0.15) is 0 Å². The lowest BCUT2D eigenvalue weighted by molar-refractivity contribution is 0.282. The molecule has 0 radical (unpaired) electrons. The molecule has 0 rings (SSSR count). The van der Waals surface area contributed by atoms with E-state index < -0.39 is 7.60 Å². The van der Waals surface area contributed by atoms with E-state index in [0.29, 0.717) is 13.0 Å². The standard InChI is InChI=1S/C36H75O4P/c37-35-33-31-29-27-25-23-21-19-17-15-13-11-9-7-5-3-1-2-4-6-8-10-12-14-16-18-20-22-24-26-28-30-32-34-36-41(38,39)40/h37H,1-36H2,(H2,38,39,40). The molecule has 0 aliphatic carbocycles. The Labute approximate surface area is 257 Å². The van der Waals surface area contributed by atoms with Crippen molar-refractivity contribution in [1.82, 2.24) is 0 Å². The molecule has 4 nitrogen and oxygen atoms in total. The van der Waals surface area contributed by atoms with Crippen LogP contribution in [0.5, 0.6) is 0 Å². The van der Waals surface area contributed by atoms with Crippen molar-refractivity contribution in [2.45, 2.75) is 218 Å². The Morgan fingerprint density at radius 1 is 0.268 bits per heavy atom. The second-order valence-corrected chi connectivity index (χ2v) is 14.9. The van der Waals surface area contributed by atoms with Crippen LogP contribution in [0.2, 0.25) is 0 Å². The third-order valence-electron chi connectivity index (χ3n) is 8.86. The minimum absolute atomic E-state index is 0.0592. The minimum atomic E-state index is -3.77. The van der Waals surface area contributed by atoms with Gasteiger partial charge in [0, 0.05) is 12.8 Å². The summed E-state index contributed by atoms with van der Waals surface area (Å²) in [6, 6.07) is 0. The maximum atomic E-state index is 10.8. The lowest BCUT2D eigenvalue weighted by Gasteiger charge is -2.05. The fourth-order valence-corrected chi connectivity index (χ4v) is 6.72. The Balaban J connectivity index is 3.05. The minimum Gasteiger partial charge on any atom is -0.396 e. The van der Waals surface area contributed by atoms with Gasteiger partial charge in [-0.15, -0.1) is 0 Å². The fourth-order valence-electron chi connectivity index (χ4n) is 6.09. The van der Waals surface area contributed by atoms with Crippen LogP contribution >= 0.6 is 7.60 Å². The molecular formula is C36H75O4P. The topological polar surface area (TPSA) is 77.8 Å². The van der Waals surface area contributed by atoms with Crippen molar-refractivity contribution in [3.8, 4) is 0 Å². The highest BCUT2D eigenvalue weighted by molar-refractivity contribution is 7.51. The molecule has 0 aliphatic heterocycles. The van der Waals surface area contributed by atoms with Gasteiger partial charge >= 0.3 is 7.60 Å². The molecule has 0 bridgehead atoms. The van der Waals surface area contributed by atoms with Crippen molar-refractivity contribution in [1.29, 1.82) is 0 Å². The Bertz CT molecular complexity index is 522. The molecule has 0 aliphatic rings. The van der Waals surface area contributed by atoms with E-state index in [1.807, 2.05) is 0 Å². The third kappa shape index (κ3) is 40.1. The fraction of sp³-hybridized carbons (Fsp3) is 1.00. The summed E-state index contributed by atoms with van der Waals surface area (Å²) in [5.41, 5.74) is 0. The Morgan fingerprint density at radius 2 is 0.415 bits per heavy atom. The van der Waals surface area contributed by atoms with Gasteiger partial charge in [-0.1, -0.05) is 205 Å². The van der Waals surface area contributed by atoms with E-state index in [4.69, 9.17) is 14.9 Å². The van der Waals surface area contributed by atoms with Gasteiger partial charge in [0.25, 0.3) is 0 Å². The van der Waals surface area contributed by atoms with Crippen LogP contribution in [-0.2, 0) is 4.57 Å². The molecule has 0 aromatic heterocycles. The van der Waals surface area contributed by atoms with E-state index in [1.165, 1.54) is 193 Å². The van der Waals surface area contributed by atoms with Crippen LogP contribution < -0.4 is 0 Å². The average molecular weight is 603 g/mol. The van der Waals surface area contributed by atoms with Crippen LogP contribution in [0.25, 0.3) is 0 Å². The largest absolute Gasteiger partial charge is 0.396 e. The van der Waals surface area contributed by atoms with Gasteiger partial charge in [0.05, 0.1) is 0 Å². The van der Waals surface area contributed by atoms with Crippen molar-refractivity contribution < 1.29 is 19.5 Å². The summed E-state index contributed by atoms with van der Waals surface area (Å²) < 4.78 is 10.8. The molecule has 0 aromatic carbocycles. The Hall–Kier alpha value is 0.110. The number of rotatable bonds is 36. The smallest absolute Gasteiger partial charge is 0.325 e. The molecule has 0 spiro atoms. The van der Waals surface area contributed by atoms with Crippen LogP contribution in [0.4, 0.5) is 0 Å². The summed E-state index contributed by atoms with van der Waals surface area (Å²) in [5.74, 6) is 0. The van der Waals surface area contributed by atoms with Crippen molar-refractivity contribution in [3.63, 3.8) is 0 Å². The van der Waals surface area contributed by atoms with Crippen LogP contribution in [0.1, 0.15) is 218 Å². The van der Waals surface area contributed by atoms with Crippen LogP contribution in [0, 0.1) is 0 Å². The highest BCUT2D eigenvalue weighted by Gasteiger charge is 2.10. The van der Waals surface area contributed by atoms with E-state index in [2.05, 4.69) is 0 Å². The molecule has 0 atom stereocenters. The SMILES string of the molecule is O=P(O)(O)CCCCCCCCCCCCCCCCCCCCCCCCCCCCCCCCCCCCO. The van der Waals surface area contributed by atoms with E-state index >= 15 is 0 Å². The molecule has 41 heavy (non-hydrogen) atoms. The summed E-state index contributed by atoms with van der Waals surface area (Å²) in [7, 11) is -3.77. The van der Waals surface area contributed by atoms with Gasteiger partial charge in [0.2, 0.25) is 0 Å². The molecular weight excluding hydrogens is 527 g/mol. The van der Waals surface area contributed by atoms with Gasteiger partial charge in [-0.2, -0.15) is 0 Å². The number of aliphatic hydroxyl groups is 1. The zero-order valence-electron chi connectivity index (χ0n) is 27.7. The first kappa shape index (κ1) is 41.1. The van der Waals surface area contributed by atoms with Crippen molar-refractivity contribution in [2.24, 2.45) is 0 Å². The van der Waals surface area contributed by atoms with Gasteiger partial charge < -0.3 is 14.9 Å². The molecule has 0 aromatic rings. The molecule has 0 heterocycles. The van der Waals surface area contributed by atoms with Crippen molar-refractivity contribution in [3.05, 3.63) is 0 Å². The van der Waals surface area contributed by atoms with E-state index in [-0.39, 0.29) is 6.16 Å².